The molecule has 1 fully saturated rings. The molecule has 1 aliphatic heterocycles. The summed E-state index contributed by atoms with van der Waals surface area (Å²) in [5.41, 5.74) is 4.42. The highest BCUT2D eigenvalue weighted by molar-refractivity contribution is 5.57. The summed E-state index contributed by atoms with van der Waals surface area (Å²) in [7, 11) is 2.21. The molecule has 0 saturated carbocycles. The first kappa shape index (κ1) is 14.4. The molecule has 0 aromatic heterocycles. The number of hydrogen-bond acceptors (Lipinski definition) is 2. The predicted octanol–water partition coefficient (Wildman–Crippen LogP) is 3.69. The average Bonchev–Trinajstić information content (AvgIpc) is 2.38. The van der Waals surface area contributed by atoms with Gasteiger partial charge in [-0.2, -0.15) is 0 Å². The molecule has 1 saturated heterocycles. The summed E-state index contributed by atoms with van der Waals surface area (Å²) in [5.74, 6) is 1.20. The van der Waals surface area contributed by atoms with Crippen LogP contribution in [0.1, 0.15) is 50.7 Å². The van der Waals surface area contributed by atoms with E-state index in [4.69, 9.17) is 0 Å². The quantitative estimate of drug-likeness (QED) is 0.818. The Labute approximate surface area is 118 Å². The minimum atomic E-state index is 0.593. The lowest BCUT2D eigenvalue weighted by Crippen LogP contribution is -2.44. The highest BCUT2D eigenvalue weighted by atomic mass is 15.2. The first-order valence-corrected chi connectivity index (χ1v) is 7.56. The molecule has 1 aliphatic rings. The Balaban J connectivity index is 2.32. The van der Waals surface area contributed by atoms with E-state index in [-0.39, 0.29) is 0 Å². The number of nitrogens with zero attached hydrogens (tertiary/aromatic N) is 2. The van der Waals surface area contributed by atoms with Crippen molar-refractivity contribution < 1.29 is 0 Å². The molecule has 19 heavy (non-hydrogen) atoms. The number of rotatable bonds is 3. The Bertz CT molecular complexity index is 415. The smallest absolute Gasteiger partial charge is 0.0405 e. The van der Waals surface area contributed by atoms with Crippen LogP contribution in [0.4, 0.5) is 5.69 Å². The average molecular weight is 260 g/mol. The fraction of sp³-hybridized carbons (Fsp3) is 0.647. The first-order chi connectivity index (χ1) is 8.99. The van der Waals surface area contributed by atoms with Gasteiger partial charge in [0.05, 0.1) is 0 Å². The molecular weight excluding hydrogens is 232 g/mol. The molecule has 0 spiro atoms. The lowest BCUT2D eigenvalue weighted by Gasteiger charge is -2.36. The van der Waals surface area contributed by atoms with Crippen LogP contribution in [0.25, 0.3) is 0 Å². The zero-order valence-electron chi connectivity index (χ0n) is 13.1. The SMILES string of the molecule is CC(C)c1ccc(C(C)C)c(N2CCN(C)CC2)c1. The Morgan fingerprint density at radius 1 is 0.895 bits per heavy atom. The predicted molar refractivity (Wildman–Crippen MR) is 84.3 cm³/mol. The topological polar surface area (TPSA) is 6.48 Å². The third-order valence-corrected chi connectivity index (χ3v) is 4.19. The van der Waals surface area contributed by atoms with Crippen LogP contribution < -0.4 is 4.90 Å². The van der Waals surface area contributed by atoms with Crippen molar-refractivity contribution in [2.45, 2.75) is 39.5 Å². The van der Waals surface area contributed by atoms with Crippen molar-refractivity contribution >= 4 is 5.69 Å². The van der Waals surface area contributed by atoms with Gasteiger partial charge in [-0.05, 0) is 36.1 Å². The molecule has 0 unspecified atom stereocenters. The summed E-state index contributed by atoms with van der Waals surface area (Å²) in [6.07, 6.45) is 0. The van der Waals surface area contributed by atoms with E-state index in [2.05, 4.69) is 62.7 Å². The molecule has 0 radical (unpaired) electrons. The minimum Gasteiger partial charge on any atom is -0.369 e. The second-order valence-corrected chi connectivity index (χ2v) is 6.42. The third-order valence-electron chi connectivity index (χ3n) is 4.19. The van der Waals surface area contributed by atoms with E-state index in [9.17, 15) is 0 Å². The molecule has 1 aromatic rings. The molecule has 0 N–H and O–H groups in total. The van der Waals surface area contributed by atoms with Gasteiger partial charge in [0.2, 0.25) is 0 Å². The van der Waals surface area contributed by atoms with E-state index in [0.717, 1.165) is 13.1 Å². The molecule has 1 heterocycles. The number of benzene rings is 1. The second kappa shape index (κ2) is 5.96. The summed E-state index contributed by atoms with van der Waals surface area (Å²) in [6.45, 7) is 13.8. The molecule has 0 bridgehead atoms. The lowest BCUT2D eigenvalue weighted by molar-refractivity contribution is 0.312. The van der Waals surface area contributed by atoms with E-state index >= 15 is 0 Å². The van der Waals surface area contributed by atoms with Crippen LogP contribution in [0.5, 0.6) is 0 Å². The van der Waals surface area contributed by atoms with E-state index in [1.165, 1.54) is 29.9 Å². The van der Waals surface area contributed by atoms with Crippen LogP contribution in [-0.4, -0.2) is 38.1 Å². The van der Waals surface area contributed by atoms with Gasteiger partial charge in [0, 0.05) is 31.9 Å². The van der Waals surface area contributed by atoms with Crippen LogP contribution in [0.2, 0.25) is 0 Å². The van der Waals surface area contributed by atoms with Gasteiger partial charge in [0.25, 0.3) is 0 Å². The fourth-order valence-corrected chi connectivity index (χ4v) is 2.73. The van der Waals surface area contributed by atoms with Crippen molar-refractivity contribution in [3.8, 4) is 0 Å². The van der Waals surface area contributed by atoms with Gasteiger partial charge in [-0.3, -0.25) is 0 Å². The van der Waals surface area contributed by atoms with Crippen LogP contribution >= 0.6 is 0 Å². The summed E-state index contributed by atoms with van der Waals surface area (Å²) in [5, 5.41) is 0. The fourth-order valence-electron chi connectivity index (χ4n) is 2.73. The van der Waals surface area contributed by atoms with E-state index < -0.39 is 0 Å². The van der Waals surface area contributed by atoms with Gasteiger partial charge in [0.1, 0.15) is 0 Å². The monoisotopic (exact) mass is 260 g/mol. The maximum absolute atomic E-state index is 2.57. The van der Waals surface area contributed by atoms with Crippen LogP contribution in [0.15, 0.2) is 18.2 Å². The Morgan fingerprint density at radius 2 is 1.53 bits per heavy atom. The van der Waals surface area contributed by atoms with Gasteiger partial charge in [-0.25, -0.2) is 0 Å². The number of hydrogen-bond donors (Lipinski definition) is 0. The van der Waals surface area contributed by atoms with Crippen LogP contribution in [-0.2, 0) is 0 Å². The highest BCUT2D eigenvalue weighted by Crippen LogP contribution is 2.31. The van der Waals surface area contributed by atoms with Gasteiger partial charge in [-0.1, -0.05) is 39.8 Å². The van der Waals surface area contributed by atoms with E-state index in [1.54, 1.807) is 0 Å². The summed E-state index contributed by atoms with van der Waals surface area (Å²) in [4.78, 5) is 4.99. The lowest BCUT2D eigenvalue weighted by atomic mass is 9.94. The van der Waals surface area contributed by atoms with Crippen molar-refractivity contribution in [3.05, 3.63) is 29.3 Å². The summed E-state index contributed by atoms with van der Waals surface area (Å²) >= 11 is 0. The Hall–Kier alpha value is -1.02. The van der Waals surface area contributed by atoms with Gasteiger partial charge < -0.3 is 9.80 Å². The third kappa shape index (κ3) is 3.30. The number of likely N-dealkylation sites (N-methyl/N-ethyl adjacent to an activating group) is 1. The zero-order chi connectivity index (χ0) is 14.0. The molecule has 1 aromatic carbocycles. The number of piperazine rings is 1. The second-order valence-electron chi connectivity index (χ2n) is 6.42. The van der Waals surface area contributed by atoms with E-state index in [0.29, 0.717) is 11.8 Å². The molecule has 0 aliphatic carbocycles. The molecule has 2 rings (SSSR count). The first-order valence-electron chi connectivity index (χ1n) is 7.56. The number of anilines is 1. The van der Waals surface area contributed by atoms with Gasteiger partial charge in [0.15, 0.2) is 0 Å². The van der Waals surface area contributed by atoms with Crippen molar-refractivity contribution in [2.24, 2.45) is 0 Å². The van der Waals surface area contributed by atoms with Crippen LogP contribution in [0, 0.1) is 0 Å². The Kier molecular flexibility index (Phi) is 4.51. The largest absolute Gasteiger partial charge is 0.369 e. The standard InChI is InChI=1S/C17H28N2/c1-13(2)15-6-7-16(14(3)4)17(12-15)19-10-8-18(5)9-11-19/h6-7,12-14H,8-11H2,1-5H3. The summed E-state index contributed by atoms with van der Waals surface area (Å²) in [6, 6.07) is 7.07. The minimum absolute atomic E-state index is 0.593. The van der Waals surface area contributed by atoms with Crippen LogP contribution in [0.3, 0.4) is 0 Å². The maximum atomic E-state index is 2.57. The summed E-state index contributed by atoms with van der Waals surface area (Å²) < 4.78 is 0. The van der Waals surface area contributed by atoms with Crippen molar-refractivity contribution in [1.82, 2.24) is 4.90 Å². The molecule has 2 nitrogen and oxygen atoms in total. The van der Waals surface area contributed by atoms with Crippen molar-refractivity contribution in [3.63, 3.8) is 0 Å². The molecular formula is C17H28N2. The molecule has 0 amide bonds. The highest BCUT2D eigenvalue weighted by Gasteiger charge is 2.19. The Morgan fingerprint density at radius 3 is 2.05 bits per heavy atom. The molecule has 106 valence electrons. The van der Waals surface area contributed by atoms with Gasteiger partial charge >= 0.3 is 0 Å². The zero-order valence-corrected chi connectivity index (χ0v) is 13.1. The van der Waals surface area contributed by atoms with Gasteiger partial charge in [-0.15, -0.1) is 0 Å². The maximum Gasteiger partial charge on any atom is 0.0405 e. The van der Waals surface area contributed by atoms with E-state index in [1.807, 2.05) is 0 Å². The van der Waals surface area contributed by atoms with Crippen molar-refractivity contribution in [1.29, 1.82) is 0 Å². The molecule has 2 heteroatoms. The molecule has 0 atom stereocenters. The van der Waals surface area contributed by atoms with Crippen molar-refractivity contribution in [2.75, 3.05) is 38.1 Å². The normalized spacial score (nSPS) is 17.5.